The van der Waals surface area contributed by atoms with E-state index in [1.807, 2.05) is 6.92 Å². The molecule has 0 aliphatic rings. The van der Waals surface area contributed by atoms with Gasteiger partial charge in [-0.25, -0.2) is 13.9 Å². The van der Waals surface area contributed by atoms with Crippen LogP contribution in [0.2, 0.25) is 0 Å². The number of hydrogen-bond donors (Lipinski definition) is 1. The van der Waals surface area contributed by atoms with Crippen LogP contribution < -0.4 is 0 Å². The Hall–Kier alpha value is -2.31. The number of halogens is 1. The Morgan fingerprint density at radius 2 is 2.26 bits per heavy atom. The Kier molecular flexibility index (Phi) is 3.84. The van der Waals surface area contributed by atoms with Gasteiger partial charge in [-0.2, -0.15) is 0 Å². The molecule has 0 saturated heterocycles. The third kappa shape index (κ3) is 2.93. The summed E-state index contributed by atoms with van der Waals surface area (Å²) in [6, 6.07) is 1.34. The van der Waals surface area contributed by atoms with Crippen molar-refractivity contribution in [1.82, 2.24) is 20.0 Å². The number of rotatable bonds is 5. The molecule has 0 saturated carbocycles. The van der Waals surface area contributed by atoms with Crippen molar-refractivity contribution in [3.05, 3.63) is 41.2 Å². The Bertz CT molecular complexity index is 597. The number of pyridine rings is 1. The largest absolute Gasteiger partial charge is 0.476 e. The van der Waals surface area contributed by atoms with Gasteiger partial charge < -0.3 is 5.11 Å². The summed E-state index contributed by atoms with van der Waals surface area (Å²) in [7, 11) is 0. The summed E-state index contributed by atoms with van der Waals surface area (Å²) >= 11 is 0. The zero-order valence-corrected chi connectivity index (χ0v) is 10.4. The number of aromatic carboxylic acids is 1. The predicted octanol–water partition coefficient (Wildman–Crippen LogP) is 1.51. The lowest BCUT2D eigenvalue weighted by atomic mass is 10.2. The smallest absolute Gasteiger partial charge is 0.358 e. The molecule has 2 rings (SSSR count). The molecule has 2 aromatic rings. The fraction of sp³-hybridized carbons (Fsp3) is 0.333. The topological polar surface area (TPSA) is 80.9 Å². The van der Waals surface area contributed by atoms with Crippen LogP contribution in [0.5, 0.6) is 0 Å². The monoisotopic (exact) mass is 264 g/mol. The molecule has 100 valence electrons. The van der Waals surface area contributed by atoms with Crippen LogP contribution in [0, 0.1) is 5.82 Å². The van der Waals surface area contributed by atoms with E-state index >= 15 is 0 Å². The van der Waals surface area contributed by atoms with Gasteiger partial charge in [0.25, 0.3) is 0 Å². The number of nitrogens with zero attached hydrogens (tertiary/aromatic N) is 4. The van der Waals surface area contributed by atoms with Crippen LogP contribution >= 0.6 is 0 Å². The van der Waals surface area contributed by atoms with Crippen LogP contribution in [-0.2, 0) is 13.0 Å². The lowest BCUT2D eigenvalue weighted by Crippen LogP contribution is -2.09. The molecule has 2 aromatic heterocycles. The molecular formula is C12H13FN4O2. The first-order chi connectivity index (χ1) is 9.11. The molecule has 0 spiro atoms. The minimum absolute atomic E-state index is 0.0498. The van der Waals surface area contributed by atoms with E-state index in [1.54, 1.807) is 0 Å². The van der Waals surface area contributed by atoms with Gasteiger partial charge in [-0.1, -0.05) is 18.6 Å². The van der Waals surface area contributed by atoms with E-state index in [0.29, 0.717) is 17.7 Å². The van der Waals surface area contributed by atoms with E-state index in [9.17, 15) is 9.18 Å². The molecule has 19 heavy (non-hydrogen) atoms. The highest BCUT2D eigenvalue weighted by atomic mass is 19.1. The van der Waals surface area contributed by atoms with Crippen molar-refractivity contribution in [2.24, 2.45) is 0 Å². The number of aromatic nitrogens is 4. The quantitative estimate of drug-likeness (QED) is 0.885. The van der Waals surface area contributed by atoms with Gasteiger partial charge in [0.1, 0.15) is 5.82 Å². The van der Waals surface area contributed by atoms with Crippen molar-refractivity contribution in [2.75, 3.05) is 0 Å². The lowest BCUT2D eigenvalue weighted by Gasteiger charge is -2.06. The predicted molar refractivity (Wildman–Crippen MR) is 64.3 cm³/mol. The fourth-order valence-electron chi connectivity index (χ4n) is 1.83. The summed E-state index contributed by atoms with van der Waals surface area (Å²) in [5, 5.41) is 16.5. The molecule has 0 radical (unpaired) electrons. The average molecular weight is 264 g/mol. The van der Waals surface area contributed by atoms with E-state index in [2.05, 4.69) is 15.3 Å². The van der Waals surface area contributed by atoms with Gasteiger partial charge >= 0.3 is 5.97 Å². The zero-order valence-electron chi connectivity index (χ0n) is 10.4. The highest BCUT2D eigenvalue weighted by molar-refractivity contribution is 5.86. The molecule has 1 N–H and O–H groups in total. The Morgan fingerprint density at radius 3 is 2.89 bits per heavy atom. The van der Waals surface area contributed by atoms with E-state index in [1.165, 1.54) is 16.9 Å². The number of hydrogen-bond acceptors (Lipinski definition) is 4. The van der Waals surface area contributed by atoms with Crippen LogP contribution in [0.4, 0.5) is 4.39 Å². The Balaban J connectivity index is 2.32. The molecule has 2 heterocycles. The maximum atomic E-state index is 13.1. The lowest BCUT2D eigenvalue weighted by molar-refractivity contribution is 0.0689. The van der Waals surface area contributed by atoms with Crippen LogP contribution in [0.25, 0.3) is 0 Å². The Morgan fingerprint density at radius 1 is 1.47 bits per heavy atom. The number of carboxylic acid groups (broad SMARTS) is 1. The first-order valence-corrected chi connectivity index (χ1v) is 5.87. The summed E-state index contributed by atoms with van der Waals surface area (Å²) in [6.07, 6.45) is 3.95. The molecule has 0 bridgehead atoms. The van der Waals surface area contributed by atoms with Gasteiger partial charge in [0.2, 0.25) is 0 Å². The van der Waals surface area contributed by atoms with Crippen LogP contribution in [0.3, 0.4) is 0 Å². The SMILES string of the molecule is CCCc1c(C(=O)O)nnn1Cc1cncc(F)c1. The average Bonchev–Trinajstić information content (AvgIpc) is 2.73. The van der Waals surface area contributed by atoms with Gasteiger partial charge in [0.15, 0.2) is 5.69 Å². The zero-order chi connectivity index (χ0) is 13.8. The van der Waals surface area contributed by atoms with Gasteiger partial charge in [0.05, 0.1) is 18.4 Å². The van der Waals surface area contributed by atoms with Gasteiger partial charge in [0, 0.05) is 6.20 Å². The number of carboxylic acids is 1. The van der Waals surface area contributed by atoms with Crippen molar-refractivity contribution < 1.29 is 14.3 Å². The molecule has 0 aromatic carbocycles. The van der Waals surface area contributed by atoms with Crippen LogP contribution in [-0.4, -0.2) is 31.1 Å². The second kappa shape index (κ2) is 5.55. The molecule has 0 aliphatic carbocycles. The molecular weight excluding hydrogens is 251 g/mol. The normalized spacial score (nSPS) is 10.6. The highest BCUT2D eigenvalue weighted by Crippen LogP contribution is 2.11. The molecule has 0 amide bonds. The first kappa shape index (κ1) is 13.1. The molecule has 7 heteroatoms. The minimum atomic E-state index is -1.10. The van der Waals surface area contributed by atoms with E-state index in [-0.39, 0.29) is 12.2 Å². The van der Waals surface area contributed by atoms with Gasteiger partial charge in [-0.3, -0.25) is 4.98 Å². The maximum Gasteiger partial charge on any atom is 0.358 e. The standard InChI is InChI=1S/C12H13FN4O2/c1-2-3-10-11(12(18)19)15-16-17(10)7-8-4-9(13)6-14-5-8/h4-6H,2-3,7H2,1H3,(H,18,19). The number of carbonyl (C=O) groups is 1. The Labute approximate surface area is 108 Å². The van der Waals surface area contributed by atoms with E-state index in [4.69, 9.17) is 5.11 Å². The first-order valence-electron chi connectivity index (χ1n) is 5.87. The van der Waals surface area contributed by atoms with Crippen molar-refractivity contribution >= 4 is 5.97 Å². The maximum absolute atomic E-state index is 13.1. The third-order valence-electron chi connectivity index (χ3n) is 2.62. The minimum Gasteiger partial charge on any atom is -0.476 e. The van der Waals surface area contributed by atoms with Crippen molar-refractivity contribution in [3.63, 3.8) is 0 Å². The summed E-state index contributed by atoms with van der Waals surface area (Å²) in [5.74, 6) is -1.54. The summed E-state index contributed by atoms with van der Waals surface area (Å²) in [6.45, 7) is 2.19. The molecule has 0 atom stereocenters. The summed E-state index contributed by atoms with van der Waals surface area (Å²) < 4.78 is 14.5. The fourth-order valence-corrected chi connectivity index (χ4v) is 1.83. The summed E-state index contributed by atoms with van der Waals surface area (Å²) in [4.78, 5) is 14.8. The summed E-state index contributed by atoms with van der Waals surface area (Å²) in [5.41, 5.74) is 1.10. The highest BCUT2D eigenvalue weighted by Gasteiger charge is 2.18. The van der Waals surface area contributed by atoms with Gasteiger partial charge in [-0.15, -0.1) is 5.10 Å². The second-order valence-corrected chi connectivity index (χ2v) is 4.11. The van der Waals surface area contributed by atoms with Crippen molar-refractivity contribution in [3.8, 4) is 0 Å². The molecule has 0 fully saturated rings. The van der Waals surface area contributed by atoms with Crippen molar-refractivity contribution in [2.45, 2.75) is 26.3 Å². The van der Waals surface area contributed by atoms with Crippen LogP contribution in [0.15, 0.2) is 18.5 Å². The van der Waals surface area contributed by atoms with Crippen molar-refractivity contribution in [1.29, 1.82) is 0 Å². The van der Waals surface area contributed by atoms with E-state index < -0.39 is 11.8 Å². The third-order valence-corrected chi connectivity index (χ3v) is 2.62. The van der Waals surface area contributed by atoms with Crippen LogP contribution in [0.1, 0.15) is 35.1 Å². The second-order valence-electron chi connectivity index (χ2n) is 4.11. The molecule has 6 nitrogen and oxygen atoms in total. The molecule has 0 aliphatic heterocycles. The van der Waals surface area contributed by atoms with Gasteiger partial charge in [-0.05, 0) is 18.1 Å². The van der Waals surface area contributed by atoms with E-state index in [0.717, 1.165) is 12.6 Å². The molecule has 0 unspecified atom stereocenters.